The van der Waals surface area contributed by atoms with Crippen molar-refractivity contribution >= 4 is 43.4 Å². The van der Waals surface area contributed by atoms with Crippen molar-refractivity contribution in [3.63, 3.8) is 0 Å². The Kier molecular flexibility index (Phi) is 6.05. The van der Waals surface area contributed by atoms with Crippen molar-refractivity contribution in [1.29, 1.82) is 0 Å². The van der Waals surface area contributed by atoms with E-state index in [4.69, 9.17) is 15.0 Å². The second-order valence-electron chi connectivity index (χ2n) is 13.3. The maximum atomic E-state index is 5.46. The van der Waals surface area contributed by atoms with E-state index in [0.717, 1.165) is 50.1 Å². The van der Waals surface area contributed by atoms with Gasteiger partial charge in [0.2, 0.25) is 0 Å². The fourth-order valence-electron chi connectivity index (χ4n) is 7.72. The standard InChI is InChI=1S/C44H30N4S/c1-44(2)34-19-8-6-18-32(34)41-39(44)40(46-42(47-41)28-13-12-14-29(25-28)43-45-35-20-9-11-22-38(35)49-43)27-23-24-37-33(26-27)31-17-7-10-21-36(31)48(37)30-15-4-3-5-16-30/h3-26H,1-2H3. The van der Waals surface area contributed by atoms with Gasteiger partial charge in [0.15, 0.2) is 5.82 Å². The van der Waals surface area contributed by atoms with Crippen LogP contribution in [-0.2, 0) is 5.41 Å². The van der Waals surface area contributed by atoms with Crippen LogP contribution in [0.4, 0.5) is 0 Å². The molecule has 0 radical (unpaired) electrons. The Hall–Kier alpha value is -5.91. The Balaban J connectivity index is 1.21. The summed E-state index contributed by atoms with van der Waals surface area (Å²) in [5.74, 6) is 0.719. The minimum atomic E-state index is -0.268. The lowest BCUT2D eigenvalue weighted by molar-refractivity contribution is 0.658. The molecule has 0 aliphatic heterocycles. The van der Waals surface area contributed by atoms with Crippen molar-refractivity contribution in [3.8, 4) is 50.2 Å². The Morgan fingerprint density at radius 1 is 0.551 bits per heavy atom. The molecule has 0 spiro atoms. The molecule has 49 heavy (non-hydrogen) atoms. The van der Waals surface area contributed by atoms with Crippen LogP contribution in [0.1, 0.15) is 25.0 Å². The Morgan fingerprint density at radius 2 is 1.29 bits per heavy atom. The number of fused-ring (bicyclic) bond motifs is 7. The molecule has 3 heterocycles. The van der Waals surface area contributed by atoms with Crippen molar-refractivity contribution in [1.82, 2.24) is 19.5 Å². The average Bonchev–Trinajstić information content (AvgIpc) is 3.80. The fraction of sp³-hybridized carbons (Fsp3) is 0.0682. The number of hydrogen-bond donors (Lipinski definition) is 0. The zero-order valence-corrected chi connectivity index (χ0v) is 27.9. The first-order valence-corrected chi connectivity index (χ1v) is 17.4. The summed E-state index contributed by atoms with van der Waals surface area (Å²) in [5, 5.41) is 3.42. The van der Waals surface area contributed by atoms with Gasteiger partial charge in [0.05, 0.1) is 32.6 Å². The van der Waals surface area contributed by atoms with Gasteiger partial charge >= 0.3 is 0 Å². The molecule has 0 N–H and O–H groups in total. The maximum absolute atomic E-state index is 5.46. The molecule has 0 saturated carbocycles. The number of nitrogens with zero attached hydrogens (tertiary/aromatic N) is 4. The molecule has 1 aliphatic rings. The lowest BCUT2D eigenvalue weighted by Gasteiger charge is -2.24. The Labute approximate surface area is 288 Å². The smallest absolute Gasteiger partial charge is 0.160 e. The Bertz CT molecular complexity index is 2720. The van der Waals surface area contributed by atoms with Gasteiger partial charge in [0.1, 0.15) is 5.01 Å². The zero-order chi connectivity index (χ0) is 32.7. The summed E-state index contributed by atoms with van der Waals surface area (Å²) in [7, 11) is 0. The lowest BCUT2D eigenvalue weighted by Crippen LogP contribution is -2.17. The highest BCUT2D eigenvalue weighted by Crippen LogP contribution is 2.51. The highest BCUT2D eigenvalue weighted by atomic mass is 32.1. The predicted molar refractivity (Wildman–Crippen MR) is 203 cm³/mol. The molecule has 0 bridgehead atoms. The first kappa shape index (κ1) is 28.1. The Morgan fingerprint density at radius 3 is 2.18 bits per heavy atom. The topological polar surface area (TPSA) is 43.6 Å². The summed E-state index contributed by atoms with van der Waals surface area (Å²) >= 11 is 1.71. The monoisotopic (exact) mass is 646 g/mol. The van der Waals surface area contributed by atoms with E-state index in [-0.39, 0.29) is 5.41 Å². The van der Waals surface area contributed by atoms with Crippen LogP contribution >= 0.6 is 11.3 Å². The molecule has 0 atom stereocenters. The first-order chi connectivity index (χ1) is 24.0. The van der Waals surface area contributed by atoms with Gasteiger partial charge in [0, 0.05) is 49.7 Å². The molecule has 0 unspecified atom stereocenters. The van der Waals surface area contributed by atoms with Crippen molar-refractivity contribution in [2.75, 3.05) is 0 Å². The SMILES string of the molecule is CC1(C)c2ccccc2-c2nc(-c3cccc(-c4nc5ccccc5s4)c3)nc(-c3ccc4c(c3)c3ccccc3n4-c3ccccc3)c21. The number of benzene rings is 6. The van der Waals surface area contributed by atoms with Crippen LogP contribution < -0.4 is 0 Å². The van der Waals surface area contributed by atoms with Gasteiger partial charge in [-0.25, -0.2) is 15.0 Å². The quantitative estimate of drug-likeness (QED) is 0.191. The van der Waals surface area contributed by atoms with Crippen LogP contribution in [-0.4, -0.2) is 19.5 Å². The van der Waals surface area contributed by atoms with Crippen LogP contribution in [0.25, 0.3) is 82.2 Å². The molecule has 4 nitrogen and oxygen atoms in total. The van der Waals surface area contributed by atoms with Gasteiger partial charge in [-0.15, -0.1) is 11.3 Å². The molecule has 10 rings (SSSR count). The zero-order valence-electron chi connectivity index (χ0n) is 27.1. The molecular formula is C44H30N4S. The van der Waals surface area contributed by atoms with Gasteiger partial charge in [-0.1, -0.05) is 111 Å². The number of para-hydroxylation sites is 3. The molecule has 3 aromatic heterocycles. The van der Waals surface area contributed by atoms with E-state index < -0.39 is 0 Å². The van der Waals surface area contributed by atoms with Gasteiger partial charge in [-0.3, -0.25) is 0 Å². The number of aromatic nitrogens is 4. The molecule has 232 valence electrons. The molecular weight excluding hydrogens is 617 g/mol. The summed E-state index contributed by atoms with van der Waals surface area (Å²) in [6, 6.07) is 51.6. The molecule has 6 aromatic carbocycles. The van der Waals surface area contributed by atoms with Crippen molar-refractivity contribution < 1.29 is 0 Å². The summed E-state index contributed by atoms with van der Waals surface area (Å²) in [4.78, 5) is 15.7. The third-order valence-corrected chi connectivity index (χ3v) is 11.1. The van der Waals surface area contributed by atoms with Gasteiger partial charge < -0.3 is 4.57 Å². The number of rotatable bonds is 4. The highest BCUT2D eigenvalue weighted by molar-refractivity contribution is 7.21. The van der Waals surface area contributed by atoms with Crippen molar-refractivity contribution in [2.45, 2.75) is 19.3 Å². The molecule has 0 saturated heterocycles. The second kappa shape index (κ2) is 10.5. The third-order valence-electron chi connectivity index (χ3n) is 10.0. The van der Waals surface area contributed by atoms with Crippen molar-refractivity contribution in [3.05, 3.63) is 157 Å². The minimum Gasteiger partial charge on any atom is -0.309 e. The van der Waals surface area contributed by atoms with Gasteiger partial charge in [-0.05, 0) is 54.1 Å². The molecule has 1 aliphatic carbocycles. The first-order valence-electron chi connectivity index (χ1n) is 16.6. The van der Waals surface area contributed by atoms with E-state index >= 15 is 0 Å². The number of hydrogen-bond acceptors (Lipinski definition) is 4. The van der Waals surface area contributed by atoms with Crippen LogP contribution in [0.15, 0.2) is 146 Å². The summed E-state index contributed by atoms with van der Waals surface area (Å²) in [6.45, 7) is 4.61. The van der Waals surface area contributed by atoms with E-state index in [9.17, 15) is 0 Å². The van der Waals surface area contributed by atoms with E-state index in [1.807, 2.05) is 6.07 Å². The normalized spacial score (nSPS) is 13.3. The predicted octanol–water partition coefficient (Wildman–Crippen LogP) is 11.5. The molecule has 9 aromatic rings. The van der Waals surface area contributed by atoms with Crippen LogP contribution in [0.3, 0.4) is 0 Å². The molecule has 5 heteroatoms. The van der Waals surface area contributed by atoms with Gasteiger partial charge in [0.25, 0.3) is 0 Å². The van der Waals surface area contributed by atoms with Crippen LogP contribution in [0.2, 0.25) is 0 Å². The van der Waals surface area contributed by atoms with E-state index in [0.29, 0.717) is 0 Å². The van der Waals surface area contributed by atoms with Crippen LogP contribution in [0, 0.1) is 0 Å². The summed E-state index contributed by atoms with van der Waals surface area (Å²) in [6.07, 6.45) is 0. The van der Waals surface area contributed by atoms with Crippen LogP contribution in [0.5, 0.6) is 0 Å². The van der Waals surface area contributed by atoms with E-state index in [2.05, 4.69) is 158 Å². The van der Waals surface area contributed by atoms with Gasteiger partial charge in [-0.2, -0.15) is 0 Å². The fourth-order valence-corrected chi connectivity index (χ4v) is 8.68. The second-order valence-corrected chi connectivity index (χ2v) is 14.3. The van der Waals surface area contributed by atoms with E-state index in [1.165, 1.54) is 43.2 Å². The largest absolute Gasteiger partial charge is 0.309 e. The highest BCUT2D eigenvalue weighted by Gasteiger charge is 2.40. The number of thiazole rings is 1. The maximum Gasteiger partial charge on any atom is 0.160 e. The summed E-state index contributed by atoms with van der Waals surface area (Å²) in [5.41, 5.74) is 13.0. The third kappa shape index (κ3) is 4.25. The van der Waals surface area contributed by atoms with Crippen molar-refractivity contribution in [2.24, 2.45) is 0 Å². The lowest BCUT2D eigenvalue weighted by atomic mass is 9.80. The molecule has 0 amide bonds. The minimum absolute atomic E-state index is 0.268. The average molecular weight is 647 g/mol. The van der Waals surface area contributed by atoms with E-state index in [1.54, 1.807) is 11.3 Å². The molecule has 0 fully saturated rings. The summed E-state index contributed by atoms with van der Waals surface area (Å²) < 4.78 is 3.54.